The number of nitrogens with zero attached hydrogens (tertiary/aromatic N) is 3. The van der Waals surface area contributed by atoms with Crippen molar-refractivity contribution in [3.05, 3.63) is 33.5 Å². The van der Waals surface area contributed by atoms with Crippen LogP contribution in [-0.2, 0) is 4.74 Å². The fourth-order valence-corrected chi connectivity index (χ4v) is 5.27. The van der Waals surface area contributed by atoms with Gasteiger partial charge in [0.15, 0.2) is 0 Å². The number of hydrogen-bond acceptors (Lipinski definition) is 6. The highest BCUT2D eigenvalue weighted by Crippen LogP contribution is 2.39. The first-order chi connectivity index (χ1) is 14.0. The number of allylic oxidation sites excluding steroid dienone is 3. The molecule has 0 saturated carbocycles. The summed E-state index contributed by atoms with van der Waals surface area (Å²) in [5, 5.41) is 11.5. The van der Waals surface area contributed by atoms with Crippen molar-refractivity contribution in [2.45, 2.75) is 46.0 Å². The van der Waals surface area contributed by atoms with Crippen LogP contribution in [0.2, 0.25) is 0 Å². The molecule has 0 aromatic heterocycles. The van der Waals surface area contributed by atoms with E-state index >= 15 is 0 Å². The third-order valence-corrected chi connectivity index (χ3v) is 7.88. The highest BCUT2D eigenvalue weighted by Gasteiger charge is 2.37. The van der Waals surface area contributed by atoms with Crippen molar-refractivity contribution in [1.29, 1.82) is 0 Å². The predicted molar refractivity (Wildman–Crippen MR) is 124 cm³/mol. The zero-order chi connectivity index (χ0) is 20.9. The molecule has 7 heteroatoms. The SMILES string of the molecule is CN=C(C)C(=N/C(=C/N1CCC2(CCOC2)CC1)CO)SC1=CCCC(C)=C1Cl. The Morgan fingerprint density at radius 1 is 1.38 bits per heavy atom. The number of ether oxygens (including phenoxy) is 1. The number of thioether (sulfide) groups is 1. The summed E-state index contributed by atoms with van der Waals surface area (Å²) in [6.07, 6.45) is 9.59. The average molecular weight is 438 g/mol. The van der Waals surface area contributed by atoms with Crippen LogP contribution in [0.1, 0.15) is 46.0 Å². The van der Waals surface area contributed by atoms with E-state index in [9.17, 15) is 5.11 Å². The van der Waals surface area contributed by atoms with Gasteiger partial charge in [0.05, 0.1) is 29.7 Å². The molecule has 0 aromatic carbocycles. The van der Waals surface area contributed by atoms with Gasteiger partial charge in [0.1, 0.15) is 5.04 Å². The zero-order valence-corrected chi connectivity index (χ0v) is 19.3. The van der Waals surface area contributed by atoms with Crippen LogP contribution in [0.25, 0.3) is 0 Å². The fraction of sp³-hybridized carbons (Fsp3) is 0.636. The second-order valence-electron chi connectivity index (χ2n) is 8.15. The Labute approximate surface area is 183 Å². The lowest BCUT2D eigenvalue weighted by atomic mass is 9.78. The maximum Gasteiger partial charge on any atom is 0.122 e. The summed E-state index contributed by atoms with van der Waals surface area (Å²) in [6, 6.07) is 0. The van der Waals surface area contributed by atoms with Crippen LogP contribution in [0.3, 0.4) is 0 Å². The van der Waals surface area contributed by atoms with E-state index in [1.54, 1.807) is 7.05 Å². The minimum absolute atomic E-state index is 0.104. The molecule has 1 aliphatic carbocycles. The molecule has 2 fully saturated rings. The average Bonchev–Trinajstić information content (AvgIpc) is 3.19. The van der Waals surface area contributed by atoms with E-state index in [2.05, 4.69) is 22.9 Å². The number of rotatable bonds is 5. The Balaban J connectivity index is 1.74. The summed E-state index contributed by atoms with van der Waals surface area (Å²) < 4.78 is 5.62. The van der Waals surface area contributed by atoms with Crippen LogP contribution in [-0.4, -0.2) is 60.7 Å². The van der Waals surface area contributed by atoms with E-state index in [0.29, 0.717) is 11.1 Å². The van der Waals surface area contributed by atoms with Gasteiger partial charge in [-0.25, -0.2) is 4.99 Å². The molecule has 5 nitrogen and oxygen atoms in total. The third-order valence-electron chi connectivity index (χ3n) is 6.07. The molecule has 3 rings (SSSR count). The summed E-state index contributed by atoms with van der Waals surface area (Å²) in [5.41, 5.74) is 3.07. The summed E-state index contributed by atoms with van der Waals surface area (Å²) in [6.45, 7) is 7.66. The summed E-state index contributed by atoms with van der Waals surface area (Å²) in [7, 11) is 1.76. The molecule has 29 heavy (non-hydrogen) atoms. The fourth-order valence-electron chi connectivity index (χ4n) is 3.91. The Bertz CT molecular complexity index is 754. The van der Waals surface area contributed by atoms with Gasteiger partial charge in [-0.05, 0) is 51.4 Å². The zero-order valence-electron chi connectivity index (χ0n) is 17.7. The third kappa shape index (κ3) is 5.75. The number of halogens is 1. The predicted octanol–water partition coefficient (Wildman–Crippen LogP) is 4.74. The molecule has 0 atom stereocenters. The molecule has 1 spiro atoms. The summed E-state index contributed by atoms with van der Waals surface area (Å²) in [4.78, 5) is 12.4. The van der Waals surface area contributed by atoms with Crippen LogP contribution in [0.15, 0.2) is 43.5 Å². The van der Waals surface area contributed by atoms with Gasteiger partial charge in [-0.2, -0.15) is 0 Å². The lowest BCUT2D eigenvalue weighted by Gasteiger charge is -2.38. The first-order valence-corrected chi connectivity index (χ1v) is 11.6. The Morgan fingerprint density at radius 3 is 2.76 bits per heavy atom. The number of aliphatic hydroxyl groups excluding tert-OH is 1. The maximum atomic E-state index is 9.94. The van der Waals surface area contributed by atoms with E-state index in [0.717, 1.165) is 72.7 Å². The molecular weight excluding hydrogens is 406 g/mol. The van der Waals surface area contributed by atoms with Crippen LogP contribution in [0.4, 0.5) is 0 Å². The number of likely N-dealkylation sites (tertiary alicyclic amines) is 1. The van der Waals surface area contributed by atoms with Gasteiger partial charge in [0.2, 0.25) is 0 Å². The first-order valence-electron chi connectivity index (χ1n) is 10.4. The Morgan fingerprint density at radius 2 is 2.14 bits per heavy atom. The van der Waals surface area contributed by atoms with Crippen LogP contribution >= 0.6 is 23.4 Å². The van der Waals surface area contributed by atoms with Gasteiger partial charge < -0.3 is 14.7 Å². The van der Waals surface area contributed by atoms with Gasteiger partial charge in [0.25, 0.3) is 0 Å². The lowest BCUT2D eigenvalue weighted by molar-refractivity contribution is 0.0987. The minimum Gasteiger partial charge on any atom is -0.390 e. The lowest BCUT2D eigenvalue weighted by Crippen LogP contribution is -2.38. The first kappa shape index (κ1) is 22.6. The highest BCUT2D eigenvalue weighted by atomic mass is 35.5. The molecule has 0 bridgehead atoms. The second kappa shape index (κ2) is 10.3. The van der Waals surface area contributed by atoms with Crippen LogP contribution in [0.5, 0.6) is 0 Å². The molecule has 0 radical (unpaired) electrons. The molecular formula is C22H32ClN3O2S. The monoisotopic (exact) mass is 437 g/mol. The highest BCUT2D eigenvalue weighted by molar-refractivity contribution is 8.19. The molecule has 160 valence electrons. The molecule has 2 saturated heterocycles. The molecule has 0 aromatic rings. The molecule has 0 unspecified atom stereocenters. The van der Waals surface area contributed by atoms with Crippen molar-refractivity contribution < 1.29 is 9.84 Å². The molecule has 2 heterocycles. The smallest absolute Gasteiger partial charge is 0.122 e. The largest absolute Gasteiger partial charge is 0.390 e. The van der Waals surface area contributed by atoms with Gasteiger partial charge >= 0.3 is 0 Å². The Hall–Kier alpha value is -1.08. The quantitative estimate of drug-likeness (QED) is 0.498. The van der Waals surface area contributed by atoms with Crippen molar-refractivity contribution in [1.82, 2.24) is 4.90 Å². The van der Waals surface area contributed by atoms with Crippen molar-refractivity contribution in [3.63, 3.8) is 0 Å². The van der Waals surface area contributed by atoms with E-state index in [1.807, 2.05) is 13.1 Å². The summed E-state index contributed by atoms with van der Waals surface area (Å²) >= 11 is 8.06. The van der Waals surface area contributed by atoms with Crippen molar-refractivity contribution in [3.8, 4) is 0 Å². The van der Waals surface area contributed by atoms with Gasteiger partial charge in [-0.3, -0.25) is 4.99 Å². The number of hydrogen-bond donors (Lipinski definition) is 1. The van der Waals surface area contributed by atoms with E-state index < -0.39 is 0 Å². The van der Waals surface area contributed by atoms with Crippen molar-refractivity contribution >= 4 is 34.1 Å². The topological polar surface area (TPSA) is 57.4 Å². The van der Waals surface area contributed by atoms with E-state index in [4.69, 9.17) is 21.3 Å². The van der Waals surface area contributed by atoms with Crippen LogP contribution in [0, 0.1) is 5.41 Å². The molecule has 1 N–H and O–H groups in total. The maximum absolute atomic E-state index is 9.94. The number of piperidine rings is 1. The van der Waals surface area contributed by atoms with Gasteiger partial charge in [-0.15, -0.1) is 0 Å². The molecule has 3 aliphatic rings. The van der Waals surface area contributed by atoms with E-state index in [-0.39, 0.29) is 6.61 Å². The van der Waals surface area contributed by atoms with Crippen molar-refractivity contribution in [2.75, 3.05) is 40.0 Å². The molecule has 0 amide bonds. The number of aliphatic hydroxyl groups is 1. The van der Waals surface area contributed by atoms with Gasteiger partial charge in [0, 0.05) is 37.8 Å². The summed E-state index contributed by atoms with van der Waals surface area (Å²) in [5.74, 6) is 0. The second-order valence-corrected chi connectivity index (χ2v) is 9.56. The minimum atomic E-state index is -0.104. The van der Waals surface area contributed by atoms with Crippen molar-refractivity contribution in [2.24, 2.45) is 15.4 Å². The Kier molecular flexibility index (Phi) is 8.02. The number of aliphatic imine (C=N–C) groups is 2. The molecule has 2 aliphatic heterocycles. The standard InChI is InChI=1S/C22H32ClN3O2S/c1-16-5-4-6-19(20(16)23)29-21(17(2)24-3)25-18(14-27)13-26-10-7-22(8-11-26)9-12-28-15-22/h6,13,27H,4-5,7-12,14-15H2,1-3H3/b18-13+,24-17?,25-21?. The van der Waals surface area contributed by atoms with Crippen LogP contribution < -0.4 is 0 Å². The van der Waals surface area contributed by atoms with E-state index in [1.165, 1.54) is 23.8 Å². The normalized spacial score (nSPS) is 23.8. The van der Waals surface area contributed by atoms with Gasteiger partial charge in [-0.1, -0.05) is 35.0 Å².